The molecule has 0 fully saturated rings. The van der Waals surface area contributed by atoms with Crippen LogP contribution >= 0.6 is 53.6 Å². The summed E-state index contributed by atoms with van der Waals surface area (Å²) in [7, 11) is -22.1. The van der Waals surface area contributed by atoms with Crippen LogP contribution in [0, 0.1) is 0 Å². The smallest absolute Gasteiger partial charge is 0.809 e. The SMILES string of the molecule is O=P([O-])([O-])C(O)P(=O)([O-])Oc1ccccc1Cl.O=P([O-])([O-])C(O)P(=O)([O-])Oc1ccccc1Cl.[Ca+2].[Ca+2].[Ca+2]. The van der Waals surface area contributed by atoms with Crippen LogP contribution in [-0.2, 0) is 18.3 Å². The average Bonchev–Trinajstić information content (AvgIpc) is 2.69. The number of benzene rings is 2. The molecule has 2 aromatic rings. The van der Waals surface area contributed by atoms with Crippen LogP contribution in [0.5, 0.6) is 11.5 Å². The van der Waals surface area contributed by atoms with E-state index in [1.165, 1.54) is 36.4 Å². The monoisotopic (exact) mass is 718 g/mol. The van der Waals surface area contributed by atoms with Crippen molar-refractivity contribution in [1.82, 2.24) is 0 Å². The largest absolute Gasteiger partial charge is 2.00 e. The first kappa shape index (κ1) is 44.4. The molecule has 0 amide bonds. The summed E-state index contributed by atoms with van der Waals surface area (Å²) in [6, 6.07) is 10.6. The van der Waals surface area contributed by atoms with Crippen LogP contribution in [0.3, 0.4) is 0 Å². The Kier molecular flexibility index (Phi) is 22.4. The van der Waals surface area contributed by atoms with Crippen LogP contribution in [-0.4, -0.2) is 135 Å². The van der Waals surface area contributed by atoms with Gasteiger partial charge in [0.2, 0.25) is 15.2 Å². The number of aliphatic hydroxyl groups is 2. The number of aliphatic hydroxyl groups excluding tert-OH is 2. The first-order chi connectivity index (χ1) is 15.3. The molecule has 0 heterocycles. The number of para-hydroxylation sites is 2. The Balaban J connectivity index is -0.000000578. The van der Waals surface area contributed by atoms with E-state index in [-0.39, 0.29) is 135 Å². The summed E-state index contributed by atoms with van der Waals surface area (Å²) in [5.74, 6) is -0.750. The van der Waals surface area contributed by atoms with Gasteiger partial charge in [0.15, 0.2) is 11.2 Å². The normalized spacial score (nSPS) is 15.8. The number of halogens is 2. The van der Waals surface area contributed by atoms with E-state index in [4.69, 9.17) is 33.4 Å². The van der Waals surface area contributed by atoms with E-state index in [1.54, 1.807) is 0 Å². The molecule has 0 spiro atoms. The van der Waals surface area contributed by atoms with Gasteiger partial charge in [0.1, 0.15) is 11.5 Å². The molecular formula is C14H12Ca3Cl2O14P4. The van der Waals surface area contributed by atoms with Crippen LogP contribution in [0.25, 0.3) is 0 Å². The maximum absolute atomic E-state index is 11.2. The first-order valence-corrected chi connectivity index (χ1v) is 15.4. The molecule has 14 nitrogen and oxygen atoms in total. The summed E-state index contributed by atoms with van der Waals surface area (Å²) < 4.78 is 51.8. The third-order valence-electron chi connectivity index (χ3n) is 3.26. The van der Waals surface area contributed by atoms with Crippen LogP contribution in [0.15, 0.2) is 48.5 Å². The quantitative estimate of drug-likeness (QED) is 0.216. The van der Waals surface area contributed by atoms with E-state index in [9.17, 15) is 47.6 Å². The van der Waals surface area contributed by atoms with Crippen LogP contribution in [0.4, 0.5) is 0 Å². The predicted octanol–water partition coefficient (Wildman–Crippen LogP) is -2.22. The van der Waals surface area contributed by atoms with Crippen molar-refractivity contribution in [1.29, 1.82) is 0 Å². The van der Waals surface area contributed by atoms with Gasteiger partial charge in [-0.05, 0) is 39.5 Å². The fourth-order valence-electron chi connectivity index (χ4n) is 1.75. The Bertz CT molecular complexity index is 1100. The molecule has 0 aliphatic rings. The topological polar surface area (TPSA) is 266 Å². The van der Waals surface area contributed by atoms with Crippen molar-refractivity contribution in [3.63, 3.8) is 0 Å². The van der Waals surface area contributed by atoms with Gasteiger partial charge in [-0.15, -0.1) is 0 Å². The first-order valence-electron chi connectivity index (χ1n) is 8.18. The molecule has 2 aromatic carbocycles. The number of rotatable bonds is 8. The van der Waals surface area contributed by atoms with Gasteiger partial charge >= 0.3 is 113 Å². The molecule has 4 unspecified atom stereocenters. The third-order valence-corrected chi connectivity index (χ3v) is 10.4. The predicted molar refractivity (Wildman–Crippen MR) is 124 cm³/mol. The van der Waals surface area contributed by atoms with Gasteiger partial charge in [-0.25, -0.2) is 0 Å². The molecule has 23 heteroatoms. The van der Waals surface area contributed by atoms with E-state index >= 15 is 0 Å². The Morgan fingerprint density at radius 1 is 0.595 bits per heavy atom. The summed E-state index contributed by atoms with van der Waals surface area (Å²) >= 11 is 11.1. The van der Waals surface area contributed by atoms with Gasteiger partial charge in [-0.3, -0.25) is 9.13 Å². The molecule has 4 atom stereocenters. The van der Waals surface area contributed by atoms with Crippen molar-refractivity contribution in [2.75, 3.05) is 0 Å². The zero-order chi connectivity index (χ0) is 26.5. The van der Waals surface area contributed by atoms with Gasteiger partial charge in [0.25, 0.3) is 0 Å². The fraction of sp³-hybridized carbons (Fsp3) is 0.143. The van der Waals surface area contributed by atoms with Crippen molar-refractivity contribution < 1.29 is 66.9 Å². The minimum absolute atomic E-state index is 0. The van der Waals surface area contributed by atoms with Crippen LogP contribution in [0.2, 0.25) is 10.0 Å². The van der Waals surface area contributed by atoms with E-state index in [0.717, 1.165) is 12.1 Å². The molecule has 37 heavy (non-hydrogen) atoms. The summed E-state index contributed by atoms with van der Waals surface area (Å²) in [4.78, 5) is 64.0. The van der Waals surface area contributed by atoms with Gasteiger partial charge in [0.05, 0.1) is 10.0 Å². The standard InChI is InChI=1S/2C7H9ClO7P2.3Ca/c2*8-5-3-1-2-4-6(5)15-17(13,14)7(9)16(10,11)12;;;/h2*1-4,7,9H,(H,13,14)(H2,10,11,12);;;/q;;3*+2/p-6. The minimum Gasteiger partial charge on any atom is -0.809 e. The molecule has 2 N–H and O–H groups in total. The van der Waals surface area contributed by atoms with Gasteiger partial charge in [0, 0.05) is 0 Å². The molecular weight excluding hydrogens is 707 g/mol. The van der Waals surface area contributed by atoms with Gasteiger partial charge in [-0.1, -0.05) is 47.5 Å². The zero-order valence-electron chi connectivity index (χ0n) is 18.2. The molecule has 0 aliphatic heterocycles. The molecule has 192 valence electrons. The van der Waals surface area contributed by atoms with Crippen LogP contribution < -0.4 is 38.4 Å². The molecule has 0 bridgehead atoms. The maximum Gasteiger partial charge on any atom is 2.00 e. The van der Waals surface area contributed by atoms with Crippen molar-refractivity contribution >= 4 is 167 Å². The van der Waals surface area contributed by atoms with E-state index in [1.807, 2.05) is 0 Å². The maximum atomic E-state index is 11.2. The Morgan fingerprint density at radius 3 is 1.05 bits per heavy atom. The van der Waals surface area contributed by atoms with E-state index < -0.39 is 41.6 Å². The third kappa shape index (κ3) is 15.3. The van der Waals surface area contributed by atoms with Gasteiger partial charge in [-0.2, -0.15) is 0 Å². The molecule has 0 aromatic heterocycles. The molecule has 0 saturated carbocycles. The summed E-state index contributed by atoms with van der Waals surface area (Å²) in [5.41, 5.74) is -6.29. The van der Waals surface area contributed by atoms with E-state index in [0.29, 0.717) is 0 Å². The summed E-state index contributed by atoms with van der Waals surface area (Å²) in [5, 5.41) is 17.4. The second kappa shape index (κ2) is 18.6. The van der Waals surface area contributed by atoms with Crippen molar-refractivity contribution in [3.8, 4) is 11.5 Å². The number of hydrogen-bond acceptors (Lipinski definition) is 14. The molecule has 2 rings (SSSR count). The van der Waals surface area contributed by atoms with Crippen molar-refractivity contribution in [3.05, 3.63) is 58.6 Å². The minimum atomic E-state index is -5.72. The Morgan fingerprint density at radius 2 is 0.838 bits per heavy atom. The average molecular weight is 719 g/mol. The Hall–Kier alpha value is 3.00. The second-order valence-electron chi connectivity index (χ2n) is 5.90. The van der Waals surface area contributed by atoms with Gasteiger partial charge < -0.3 is 57.8 Å². The fourth-order valence-corrected chi connectivity index (χ4v) is 6.32. The molecule has 0 saturated heterocycles. The van der Waals surface area contributed by atoms with Crippen molar-refractivity contribution in [2.24, 2.45) is 0 Å². The summed E-state index contributed by atoms with van der Waals surface area (Å²) in [6.45, 7) is 0. The summed E-state index contributed by atoms with van der Waals surface area (Å²) in [6.07, 6.45) is 0. The number of hydrogen-bond donors (Lipinski definition) is 2. The zero-order valence-corrected chi connectivity index (χ0v) is 29.9. The van der Waals surface area contributed by atoms with Crippen LogP contribution in [0.1, 0.15) is 0 Å². The van der Waals surface area contributed by atoms with Crippen molar-refractivity contribution in [2.45, 2.75) is 11.2 Å². The molecule has 0 radical (unpaired) electrons. The molecule has 0 aliphatic carbocycles. The Labute approximate surface area is 310 Å². The van der Waals surface area contributed by atoms with E-state index in [2.05, 4.69) is 9.05 Å². The second-order valence-corrected chi connectivity index (χ2v) is 14.2.